The number of hydrogen-bond acceptors (Lipinski definition) is 3. The van der Waals surface area contributed by atoms with E-state index >= 15 is 0 Å². The van der Waals surface area contributed by atoms with Crippen LogP contribution in [0.3, 0.4) is 0 Å². The number of nitrogens with one attached hydrogen (secondary N) is 2. The lowest BCUT2D eigenvalue weighted by Gasteiger charge is -2.07. The van der Waals surface area contributed by atoms with E-state index in [9.17, 15) is 4.79 Å². The summed E-state index contributed by atoms with van der Waals surface area (Å²) >= 11 is 2.21. The Morgan fingerprint density at radius 2 is 2.00 bits per heavy atom. The van der Waals surface area contributed by atoms with Crippen LogP contribution in [0.4, 0.5) is 5.69 Å². The van der Waals surface area contributed by atoms with E-state index < -0.39 is 0 Å². The highest BCUT2D eigenvalue weighted by Gasteiger charge is 2.09. The van der Waals surface area contributed by atoms with Crippen LogP contribution in [0.1, 0.15) is 13.8 Å². The highest BCUT2D eigenvalue weighted by molar-refractivity contribution is 14.1. The average Bonchev–Trinajstić information content (AvgIpc) is 2.31. The SMILES string of the molecule is CC(C)NC(=O)/C(C#N)=C\Nc1ccc(I)cc1. The molecule has 0 aliphatic carbocycles. The van der Waals surface area contributed by atoms with E-state index in [0.717, 1.165) is 9.26 Å². The van der Waals surface area contributed by atoms with Crippen LogP contribution in [-0.2, 0) is 4.79 Å². The van der Waals surface area contributed by atoms with Gasteiger partial charge in [-0.1, -0.05) is 0 Å². The summed E-state index contributed by atoms with van der Waals surface area (Å²) in [5.74, 6) is -0.370. The molecule has 2 N–H and O–H groups in total. The van der Waals surface area contributed by atoms with Crippen LogP contribution < -0.4 is 10.6 Å². The molecule has 1 aromatic carbocycles. The maximum Gasteiger partial charge on any atom is 0.263 e. The van der Waals surface area contributed by atoms with Gasteiger partial charge in [0.25, 0.3) is 5.91 Å². The molecule has 5 heteroatoms. The first kappa shape index (κ1) is 14.5. The molecule has 18 heavy (non-hydrogen) atoms. The van der Waals surface area contributed by atoms with Crippen molar-refractivity contribution in [1.82, 2.24) is 5.32 Å². The van der Waals surface area contributed by atoms with E-state index in [1.165, 1.54) is 6.20 Å². The van der Waals surface area contributed by atoms with E-state index in [2.05, 4.69) is 33.2 Å². The number of carbonyl (C=O) groups is 1. The Labute approximate surface area is 120 Å². The molecule has 0 bridgehead atoms. The van der Waals surface area contributed by atoms with Gasteiger partial charge in [-0.25, -0.2) is 0 Å². The van der Waals surface area contributed by atoms with Crippen LogP contribution in [0.5, 0.6) is 0 Å². The lowest BCUT2D eigenvalue weighted by atomic mass is 10.2. The fraction of sp³-hybridized carbons (Fsp3) is 0.231. The number of halogens is 1. The molecule has 0 aliphatic heterocycles. The molecule has 0 saturated heterocycles. The second kappa shape index (κ2) is 7.01. The molecule has 0 fully saturated rings. The highest BCUT2D eigenvalue weighted by atomic mass is 127. The molecule has 0 aromatic heterocycles. The fourth-order valence-electron chi connectivity index (χ4n) is 1.19. The van der Waals surface area contributed by atoms with Gasteiger partial charge in [-0.3, -0.25) is 4.79 Å². The Balaban J connectivity index is 2.72. The van der Waals surface area contributed by atoms with Crippen molar-refractivity contribution in [3.63, 3.8) is 0 Å². The molecular weight excluding hydrogens is 341 g/mol. The first-order valence-corrected chi connectivity index (χ1v) is 6.54. The van der Waals surface area contributed by atoms with Crippen LogP contribution >= 0.6 is 22.6 Å². The highest BCUT2D eigenvalue weighted by Crippen LogP contribution is 2.11. The summed E-state index contributed by atoms with van der Waals surface area (Å²) < 4.78 is 1.13. The van der Waals surface area contributed by atoms with Gasteiger partial charge in [-0.05, 0) is 60.7 Å². The number of nitriles is 1. The smallest absolute Gasteiger partial charge is 0.263 e. The summed E-state index contributed by atoms with van der Waals surface area (Å²) in [5.41, 5.74) is 0.891. The minimum absolute atomic E-state index is 0.00699. The Hall–Kier alpha value is -1.55. The van der Waals surface area contributed by atoms with E-state index in [0.29, 0.717) is 0 Å². The van der Waals surface area contributed by atoms with Crippen molar-refractivity contribution in [2.75, 3.05) is 5.32 Å². The van der Waals surface area contributed by atoms with E-state index in [4.69, 9.17) is 5.26 Å². The fourth-order valence-corrected chi connectivity index (χ4v) is 1.55. The number of hydrogen-bond donors (Lipinski definition) is 2. The predicted octanol–water partition coefficient (Wildman–Crippen LogP) is 2.64. The molecule has 4 nitrogen and oxygen atoms in total. The second-order valence-corrected chi connectivity index (χ2v) is 5.19. The van der Waals surface area contributed by atoms with Gasteiger partial charge >= 0.3 is 0 Å². The molecule has 0 unspecified atom stereocenters. The van der Waals surface area contributed by atoms with Gasteiger partial charge in [0.2, 0.25) is 0 Å². The number of anilines is 1. The molecular formula is C13H14IN3O. The third-order valence-electron chi connectivity index (χ3n) is 2.01. The zero-order chi connectivity index (χ0) is 13.5. The van der Waals surface area contributed by atoms with Crippen LogP contribution in [0.15, 0.2) is 36.0 Å². The molecule has 0 atom stereocenters. The minimum atomic E-state index is -0.370. The minimum Gasteiger partial charge on any atom is -0.360 e. The maximum absolute atomic E-state index is 11.6. The Morgan fingerprint density at radius 3 is 2.50 bits per heavy atom. The van der Waals surface area contributed by atoms with Gasteiger partial charge in [0, 0.05) is 21.5 Å². The Morgan fingerprint density at radius 1 is 1.39 bits per heavy atom. The lowest BCUT2D eigenvalue weighted by molar-refractivity contribution is -0.117. The van der Waals surface area contributed by atoms with E-state index in [1.54, 1.807) is 0 Å². The molecule has 0 radical (unpaired) electrons. The van der Waals surface area contributed by atoms with Crippen LogP contribution in [0.25, 0.3) is 0 Å². The topological polar surface area (TPSA) is 64.9 Å². The standard InChI is InChI=1S/C13H14IN3O/c1-9(2)17-13(18)10(7-15)8-16-12-5-3-11(14)4-6-12/h3-6,8-9,16H,1-2H3,(H,17,18)/b10-8-. The normalized spacial score (nSPS) is 10.9. The molecule has 0 heterocycles. The zero-order valence-corrected chi connectivity index (χ0v) is 12.4. The molecule has 1 aromatic rings. The van der Waals surface area contributed by atoms with Gasteiger partial charge in [0.05, 0.1) is 0 Å². The van der Waals surface area contributed by atoms with E-state index in [1.807, 2.05) is 44.2 Å². The van der Waals surface area contributed by atoms with Gasteiger partial charge in [-0.2, -0.15) is 5.26 Å². The number of nitrogens with zero attached hydrogens (tertiary/aromatic N) is 1. The quantitative estimate of drug-likeness (QED) is 0.496. The van der Waals surface area contributed by atoms with Gasteiger partial charge in [-0.15, -0.1) is 0 Å². The largest absolute Gasteiger partial charge is 0.360 e. The first-order valence-electron chi connectivity index (χ1n) is 5.46. The van der Waals surface area contributed by atoms with Crippen molar-refractivity contribution in [3.05, 3.63) is 39.6 Å². The number of rotatable bonds is 4. The average molecular weight is 355 g/mol. The maximum atomic E-state index is 11.6. The number of amides is 1. The molecule has 0 saturated carbocycles. The van der Waals surface area contributed by atoms with Crippen molar-refractivity contribution in [2.24, 2.45) is 0 Å². The molecule has 1 rings (SSSR count). The van der Waals surface area contributed by atoms with Crippen molar-refractivity contribution in [3.8, 4) is 6.07 Å². The summed E-state index contributed by atoms with van der Waals surface area (Å²) in [5, 5.41) is 14.5. The monoisotopic (exact) mass is 355 g/mol. The van der Waals surface area contributed by atoms with E-state index in [-0.39, 0.29) is 17.5 Å². The summed E-state index contributed by atoms with van der Waals surface area (Å²) in [7, 11) is 0. The summed E-state index contributed by atoms with van der Waals surface area (Å²) in [6.07, 6.45) is 1.42. The van der Waals surface area contributed by atoms with Gasteiger partial charge in [0.15, 0.2) is 0 Å². The van der Waals surface area contributed by atoms with Crippen molar-refractivity contribution >= 4 is 34.2 Å². The molecule has 0 spiro atoms. The summed E-state index contributed by atoms with van der Waals surface area (Å²) in [4.78, 5) is 11.6. The molecule has 1 amide bonds. The van der Waals surface area contributed by atoms with Crippen molar-refractivity contribution in [2.45, 2.75) is 19.9 Å². The van der Waals surface area contributed by atoms with Gasteiger partial charge in [0.1, 0.15) is 11.6 Å². The Kier molecular flexibility index (Phi) is 5.65. The second-order valence-electron chi connectivity index (χ2n) is 3.95. The first-order chi connectivity index (χ1) is 8.52. The number of benzene rings is 1. The van der Waals surface area contributed by atoms with Crippen LogP contribution in [0.2, 0.25) is 0 Å². The third kappa shape index (κ3) is 4.75. The van der Waals surface area contributed by atoms with Crippen molar-refractivity contribution in [1.29, 1.82) is 5.26 Å². The van der Waals surface area contributed by atoms with Crippen molar-refractivity contribution < 1.29 is 4.79 Å². The number of carbonyl (C=O) groups excluding carboxylic acids is 1. The van der Waals surface area contributed by atoms with Crippen LogP contribution in [0, 0.1) is 14.9 Å². The zero-order valence-electron chi connectivity index (χ0n) is 10.2. The van der Waals surface area contributed by atoms with Crippen LogP contribution in [-0.4, -0.2) is 11.9 Å². The summed E-state index contributed by atoms with van der Waals surface area (Å²) in [6, 6.07) is 9.53. The lowest BCUT2D eigenvalue weighted by Crippen LogP contribution is -2.31. The molecule has 0 aliphatic rings. The predicted molar refractivity (Wildman–Crippen MR) is 79.8 cm³/mol. The third-order valence-corrected chi connectivity index (χ3v) is 2.73. The summed E-state index contributed by atoms with van der Waals surface area (Å²) in [6.45, 7) is 3.69. The van der Waals surface area contributed by atoms with Gasteiger partial charge < -0.3 is 10.6 Å². The molecule has 94 valence electrons. The Bertz CT molecular complexity index is 486.